The van der Waals surface area contributed by atoms with Gasteiger partial charge in [-0.1, -0.05) is 63.5 Å². The van der Waals surface area contributed by atoms with Gasteiger partial charge in [0.05, 0.1) is 13.0 Å². The summed E-state index contributed by atoms with van der Waals surface area (Å²) in [6, 6.07) is 5.19. The van der Waals surface area contributed by atoms with Gasteiger partial charge in [0.1, 0.15) is 17.7 Å². The van der Waals surface area contributed by atoms with Gasteiger partial charge in [0.15, 0.2) is 0 Å². The molecule has 0 radical (unpaired) electrons. The van der Waals surface area contributed by atoms with Gasteiger partial charge in [0.25, 0.3) is 0 Å². The van der Waals surface area contributed by atoms with E-state index in [2.05, 4.69) is 36.8 Å². The lowest BCUT2D eigenvalue weighted by Gasteiger charge is -2.34. The van der Waals surface area contributed by atoms with Gasteiger partial charge >= 0.3 is 12.1 Å². The van der Waals surface area contributed by atoms with Crippen LogP contribution in [0.4, 0.5) is 4.79 Å². The fraction of sp³-hybridized carbons (Fsp3) is 0.600. The minimum atomic E-state index is -1.02. The van der Waals surface area contributed by atoms with Crippen LogP contribution in [0, 0.1) is 0 Å². The van der Waals surface area contributed by atoms with E-state index < -0.39 is 41.6 Å². The van der Waals surface area contributed by atoms with E-state index in [1.807, 2.05) is 6.07 Å². The van der Waals surface area contributed by atoms with Crippen LogP contribution in [-0.2, 0) is 23.9 Å². The van der Waals surface area contributed by atoms with Gasteiger partial charge in [-0.2, -0.15) is 12.6 Å². The van der Waals surface area contributed by atoms with Crippen molar-refractivity contribution < 1.29 is 28.7 Å². The molecule has 224 valence electrons. The van der Waals surface area contributed by atoms with Gasteiger partial charge in [-0.3, -0.25) is 14.4 Å². The van der Waals surface area contributed by atoms with E-state index in [4.69, 9.17) is 9.47 Å². The lowest BCUT2D eigenvalue weighted by Crippen LogP contribution is -2.54. The summed E-state index contributed by atoms with van der Waals surface area (Å²) < 4.78 is 10.3. The molecule has 0 fully saturated rings. The van der Waals surface area contributed by atoms with Gasteiger partial charge in [-0.25, -0.2) is 4.79 Å². The van der Waals surface area contributed by atoms with Crippen molar-refractivity contribution in [3.8, 4) is 0 Å². The maximum absolute atomic E-state index is 14.0. The third-order valence-corrected chi connectivity index (χ3v) is 6.28. The van der Waals surface area contributed by atoms with E-state index in [1.54, 1.807) is 52.0 Å². The normalized spacial score (nSPS) is 12.6. The summed E-state index contributed by atoms with van der Waals surface area (Å²) in [4.78, 5) is 53.5. The van der Waals surface area contributed by atoms with Crippen molar-refractivity contribution in [2.75, 3.05) is 25.4 Å². The lowest BCUT2D eigenvalue weighted by molar-refractivity contribution is -0.144. The minimum absolute atomic E-state index is 0.00340. The summed E-state index contributed by atoms with van der Waals surface area (Å²) in [5.41, 5.74) is 0.623. The van der Waals surface area contributed by atoms with Gasteiger partial charge < -0.3 is 25.0 Å². The maximum Gasteiger partial charge on any atom is 0.408 e. The molecule has 40 heavy (non-hydrogen) atoms. The summed E-state index contributed by atoms with van der Waals surface area (Å²) in [5.74, 6) is -1.31. The Kier molecular flexibility index (Phi) is 16.1. The number of benzene rings is 1. The Morgan fingerprint density at radius 2 is 1.80 bits per heavy atom. The van der Waals surface area contributed by atoms with Crippen molar-refractivity contribution in [1.82, 2.24) is 15.5 Å². The van der Waals surface area contributed by atoms with Crippen LogP contribution in [0.5, 0.6) is 0 Å². The molecule has 10 heteroatoms. The first kappa shape index (κ1) is 35.0. The fourth-order valence-corrected chi connectivity index (χ4v) is 4.28. The van der Waals surface area contributed by atoms with E-state index in [0.29, 0.717) is 12.0 Å². The topological polar surface area (TPSA) is 114 Å². The summed E-state index contributed by atoms with van der Waals surface area (Å²) in [7, 11) is 0. The molecule has 0 saturated carbocycles. The molecule has 0 aliphatic rings. The zero-order valence-corrected chi connectivity index (χ0v) is 25.6. The Hall–Kier alpha value is -3.01. The van der Waals surface area contributed by atoms with Gasteiger partial charge in [-0.15, -0.1) is 0 Å². The summed E-state index contributed by atoms with van der Waals surface area (Å²) in [6.45, 7) is 13.4. The number of thiol groups is 1. The Morgan fingerprint density at radius 3 is 2.40 bits per heavy atom. The average molecular weight is 578 g/mol. The molecule has 0 aromatic heterocycles. The number of nitrogens with zero attached hydrogens (tertiary/aromatic N) is 1. The van der Waals surface area contributed by atoms with Crippen molar-refractivity contribution in [2.24, 2.45) is 0 Å². The number of alkyl carbamates (subject to hydrolysis) is 1. The second kappa shape index (κ2) is 18.4. The molecule has 2 N–H and O–H groups in total. The van der Waals surface area contributed by atoms with Crippen LogP contribution >= 0.6 is 12.6 Å². The number of unbranched alkanes of at least 4 members (excludes halogenated alkanes) is 4. The quantitative estimate of drug-likeness (QED) is 0.135. The number of rotatable bonds is 17. The Balaban J connectivity index is 3.38. The highest BCUT2D eigenvalue weighted by molar-refractivity contribution is 7.80. The van der Waals surface area contributed by atoms with Crippen LogP contribution < -0.4 is 10.6 Å². The molecule has 2 atom stereocenters. The SMILES string of the molecule is C=Cc1cccc(C(C(=O)NCCC(=O)OCC)N(CCCCCCC)C(=O)C(CS)NC(=O)OC(C)(C)C)c1. The molecule has 9 nitrogen and oxygen atoms in total. The van der Waals surface area contributed by atoms with Gasteiger partial charge in [0, 0.05) is 18.8 Å². The summed E-state index contributed by atoms with van der Waals surface area (Å²) in [5, 5.41) is 5.41. The number of hydrogen-bond acceptors (Lipinski definition) is 7. The zero-order valence-electron chi connectivity index (χ0n) is 24.7. The van der Waals surface area contributed by atoms with Crippen LogP contribution in [0.3, 0.4) is 0 Å². The Labute approximate surface area is 244 Å². The van der Waals surface area contributed by atoms with Gasteiger partial charge in [-0.05, 0) is 51.3 Å². The molecule has 0 aliphatic heterocycles. The van der Waals surface area contributed by atoms with E-state index in [9.17, 15) is 19.2 Å². The average Bonchev–Trinajstić information content (AvgIpc) is 2.89. The number of ether oxygens (including phenoxy) is 2. The molecule has 1 aromatic rings. The van der Waals surface area contributed by atoms with Crippen LogP contribution in [0.1, 0.15) is 90.3 Å². The molecular weight excluding hydrogens is 530 g/mol. The van der Waals surface area contributed by atoms with E-state index >= 15 is 0 Å². The number of esters is 1. The molecule has 0 bridgehead atoms. The fourth-order valence-electron chi connectivity index (χ4n) is 4.03. The Morgan fingerprint density at radius 1 is 1.10 bits per heavy atom. The van der Waals surface area contributed by atoms with Crippen molar-refractivity contribution in [3.63, 3.8) is 0 Å². The second-order valence-corrected chi connectivity index (χ2v) is 10.8. The Bertz CT molecular complexity index is 978. The number of carbonyl (C=O) groups is 4. The molecule has 0 heterocycles. The first-order valence-electron chi connectivity index (χ1n) is 14.0. The maximum atomic E-state index is 14.0. The highest BCUT2D eigenvalue weighted by Gasteiger charge is 2.35. The molecule has 1 aromatic carbocycles. The number of nitrogens with one attached hydrogen (secondary N) is 2. The van der Waals surface area contributed by atoms with Crippen molar-refractivity contribution in [3.05, 3.63) is 42.0 Å². The first-order valence-corrected chi connectivity index (χ1v) is 14.7. The monoisotopic (exact) mass is 577 g/mol. The van der Waals surface area contributed by atoms with E-state index in [-0.39, 0.29) is 31.9 Å². The van der Waals surface area contributed by atoms with Crippen LogP contribution in [0.25, 0.3) is 6.08 Å². The van der Waals surface area contributed by atoms with Crippen LogP contribution in [0.2, 0.25) is 0 Å². The number of amides is 3. The predicted octanol–water partition coefficient (Wildman–Crippen LogP) is 5.06. The van der Waals surface area contributed by atoms with Crippen LogP contribution in [-0.4, -0.2) is 65.9 Å². The first-order chi connectivity index (χ1) is 19.0. The smallest absolute Gasteiger partial charge is 0.408 e. The molecule has 0 spiro atoms. The standard InChI is InChI=1S/C30H47N3O6S/c1-7-10-11-12-13-19-33(28(36)24(21-40)32-29(37)39-30(4,5)6)26(23-16-14-15-22(8-2)20-23)27(35)31-18-17-25(34)38-9-3/h8,14-16,20,24,26,40H,2,7,9-13,17-19,21H2,1,3-6H3,(H,31,35)(H,32,37). The molecule has 0 aliphatic carbocycles. The molecule has 0 saturated heterocycles. The second-order valence-electron chi connectivity index (χ2n) is 10.5. The number of hydrogen-bond donors (Lipinski definition) is 3. The third kappa shape index (κ3) is 12.9. The van der Waals surface area contributed by atoms with Crippen molar-refractivity contribution >= 4 is 42.6 Å². The molecule has 2 unspecified atom stereocenters. The predicted molar refractivity (Wildman–Crippen MR) is 161 cm³/mol. The van der Waals surface area contributed by atoms with Crippen LogP contribution in [0.15, 0.2) is 30.8 Å². The van der Waals surface area contributed by atoms with Gasteiger partial charge in [0.2, 0.25) is 11.8 Å². The third-order valence-electron chi connectivity index (χ3n) is 5.91. The highest BCUT2D eigenvalue weighted by atomic mass is 32.1. The summed E-state index contributed by atoms with van der Waals surface area (Å²) >= 11 is 4.33. The summed E-state index contributed by atoms with van der Waals surface area (Å²) in [6.07, 6.45) is 5.63. The molecular formula is C30H47N3O6S. The van der Waals surface area contributed by atoms with Crippen molar-refractivity contribution in [2.45, 2.75) is 90.8 Å². The largest absolute Gasteiger partial charge is 0.466 e. The zero-order chi connectivity index (χ0) is 30.1. The lowest BCUT2D eigenvalue weighted by atomic mass is 10.00. The van der Waals surface area contributed by atoms with E-state index in [1.165, 1.54) is 4.90 Å². The van der Waals surface area contributed by atoms with E-state index in [0.717, 1.165) is 31.2 Å². The minimum Gasteiger partial charge on any atom is -0.466 e. The highest BCUT2D eigenvalue weighted by Crippen LogP contribution is 2.25. The molecule has 1 rings (SSSR count). The van der Waals surface area contributed by atoms with Crippen molar-refractivity contribution in [1.29, 1.82) is 0 Å². The molecule has 3 amide bonds. The number of carbonyl (C=O) groups excluding carboxylic acids is 4.